The van der Waals surface area contributed by atoms with Crippen molar-refractivity contribution in [2.24, 2.45) is 5.73 Å². The number of rotatable bonds is 1. The third kappa shape index (κ3) is 3.16. The number of hydrogen-bond donors (Lipinski definition) is 4. The molecule has 3 unspecified atom stereocenters. The molecule has 0 saturated carbocycles. The van der Waals surface area contributed by atoms with Crippen LogP contribution < -0.4 is 11.1 Å². The fraction of sp³-hybridized carbons (Fsp3) is 1.00. The summed E-state index contributed by atoms with van der Waals surface area (Å²) in [6, 6.07) is -0.222. The van der Waals surface area contributed by atoms with Crippen molar-refractivity contribution in [3.63, 3.8) is 0 Å². The van der Waals surface area contributed by atoms with Gasteiger partial charge in [0.2, 0.25) is 0 Å². The van der Waals surface area contributed by atoms with E-state index in [0.717, 1.165) is 0 Å². The lowest BCUT2D eigenvalue weighted by atomic mass is 10.2. The van der Waals surface area contributed by atoms with Crippen LogP contribution in [0.25, 0.3) is 0 Å². The fourth-order valence-corrected chi connectivity index (χ4v) is 1.05. The summed E-state index contributed by atoms with van der Waals surface area (Å²) >= 11 is 0. The van der Waals surface area contributed by atoms with Gasteiger partial charge in [-0.1, -0.05) is 13.8 Å². The highest BCUT2D eigenvalue weighted by Crippen LogP contribution is 2.08. The lowest BCUT2D eigenvalue weighted by Crippen LogP contribution is -2.39. The van der Waals surface area contributed by atoms with Crippen molar-refractivity contribution in [3.05, 3.63) is 0 Å². The molecule has 1 aliphatic heterocycles. The van der Waals surface area contributed by atoms with Gasteiger partial charge in [0.1, 0.15) is 0 Å². The van der Waals surface area contributed by atoms with E-state index in [1.54, 1.807) is 0 Å². The Kier molecular flexibility index (Phi) is 5.41. The van der Waals surface area contributed by atoms with Crippen LogP contribution in [0.4, 0.5) is 0 Å². The smallest absolute Gasteiger partial charge is 0.0743 e. The number of nitrogens with two attached hydrogens (primary N) is 1. The van der Waals surface area contributed by atoms with Gasteiger partial charge in [-0.15, -0.1) is 0 Å². The van der Waals surface area contributed by atoms with Gasteiger partial charge in [0.25, 0.3) is 0 Å². The molecule has 11 heavy (non-hydrogen) atoms. The molecule has 4 heteroatoms. The summed E-state index contributed by atoms with van der Waals surface area (Å²) in [5.74, 6) is 0. The monoisotopic (exact) mass is 162 g/mol. The highest BCUT2D eigenvalue weighted by molar-refractivity contribution is 4.86. The average molecular weight is 162 g/mol. The summed E-state index contributed by atoms with van der Waals surface area (Å²) in [4.78, 5) is 0. The Bertz CT molecular complexity index is 100. The minimum Gasteiger partial charge on any atom is -0.395 e. The molecule has 0 spiro atoms. The van der Waals surface area contributed by atoms with E-state index < -0.39 is 6.10 Å². The first kappa shape index (κ1) is 10.8. The highest BCUT2D eigenvalue weighted by Gasteiger charge is 2.28. The zero-order valence-corrected chi connectivity index (χ0v) is 7.12. The molecule has 1 heterocycles. The third-order valence-electron chi connectivity index (χ3n) is 1.58. The summed E-state index contributed by atoms with van der Waals surface area (Å²) < 4.78 is 0. The van der Waals surface area contributed by atoms with Gasteiger partial charge in [0, 0.05) is 6.42 Å². The molecule has 0 aromatic heterocycles. The summed E-state index contributed by atoms with van der Waals surface area (Å²) in [5.41, 5.74) is 5.41. The predicted octanol–water partition coefficient (Wildman–Crippen LogP) is -0.987. The number of aliphatic hydroxyl groups is 2. The van der Waals surface area contributed by atoms with Crippen LogP contribution in [0, 0.1) is 0 Å². The number of nitrogens with one attached hydrogen (secondary N) is 1. The van der Waals surface area contributed by atoms with Crippen molar-refractivity contribution in [1.82, 2.24) is 5.32 Å². The van der Waals surface area contributed by atoms with E-state index in [1.165, 1.54) is 0 Å². The molecule has 1 rings (SSSR count). The summed E-state index contributed by atoms with van der Waals surface area (Å²) in [6.45, 7) is 3.95. The van der Waals surface area contributed by atoms with E-state index in [9.17, 15) is 0 Å². The average Bonchev–Trinajstić information content (AvgIpc) is 2.33. The van der Waals surface area contributed by atoms with Crippen LogP contribution in [0.2, 0.25) is 0 Å². The van der Waals surface area contributed by atoms with Gasteiger partial charge in [-0.3, -0.25) is 5.32 Å². The maximum atomic E-state index is 9.06. The Morgan fingerprint density at radius 1 is 1.55 bits per heavy atom. The van der Waals surface area contributed by atoms with Crippen LogP contribution in [0.5, 0.6) is 0 Å². The van der Waals surface area contributed by atoms with Crippen molar-refractivity contribution in [1.29, 1.82) is 0 Å². The minimum atomic E-state index is -0.481. The van der Waals surface area contributed by atoms with Crippen molar-refractivity contribution < 1.29 is 10.2 Å². The third-order valence-corrected chi connectivity index (χ3v) is 1.58. The number of hydrogen-bond acceptors (Lipinski definition) is 4. The molecule has 4 nitrogen and oxygen atoms in total. The van der Waals surface area contributed by atoms with Crippen molar-refractivity contribution in [2.75, 3.05) is 6.61 Å². The lowest BCUT2D eigenvalue weighted by Gasteiger charge is -2.09. The second-order valence-electron chi connectivity index (χ2n) is 2.37. The summed E-state index contributed by atoms with van der Waals surface area (Å²) in [7, 11) is 0. The Morgan fingerprint density at radius 2 is 2.09 bits per heavy atom. The Morgan fingerprint density at radius 3 is 2.27 bits per heavy atom. The number of aliphatic hydroxyl groups excluding tert-OH is 2. The fourth-order valence-electron chi connectivity index (χ4n) is 1.05. The van der Waals surface area contributed by atoms with Gasteiger partial charge < -0.3 is 15.9 Å². The Labute approximate surface area is 67.4 Å². The quantitative estimate of drug-likeness (QED) is 0.399. The summed E-state index contributed by atoms with van der Waals surface area (Å²) in [5, 5.41) is 20.5. The topological polar surface area (TPSA) is 78.5 Å². The molecule has 1 fully saturated rings. The van der Waals surface area contributed by atoms with Gasteiger partial charge in [-0.05, 0) is 0 Å². The van der Waals surface area contributed by atoms with Crippen molar-refractivity contribution in [2.45, 2.75) is 38.6 Å². The molecule has 1 saturated heterocycles. The molecule has 68 valence electrons. The SMILES string of the molecule is CC.NC1CC(O)C(CO)N1. The molecule has 3 atom stereocenters. The van der Waals surface area contributed by atoms with Crippen LogP contribution >= 0.6 is 0 Å². The van der Waals surface area contributed by atoms with Gasteiger partial charge in [-0.2, -0.15) is 0 Å². The zero-order chi connectivity index (χ0) is 8.85. The first-order valence-electron chi connectivity index (χ1n) is 4.04. The van der Waals surface area contributed by atoms with Gasteiger partial charge in [-0.25, -0.2) is 0 Å². The van der Waals surface area contributed by atoms with E-state index >= 15 is 0 Å². The van der Waals surface area contributed by atoms with Crippen LogP contribution in [0.1, 0.15) is 20.3 Å². The van der Waals surface area contributed by atoms with Gasteiger partial charge >= 0.3 is 0 Å². The van der Waals surface area contributed by atoms with Crippen LogP contribution in [0.3, 0.4) is 0 Å². The normalized spacial score (nSPS) is 36.3. The lowest BCUT2D eigenvalue weighted by molar-refractivity contribution is 0.121. The maximum absolute atomic E-state index is 9.06. The van der Waals surface area contributed by atoms with Crippen LogP contribution in [0.15, 0.2) is 0 Å². The van der Waals surface area contributed by atoms with E-state index in [2.05, 4.69) is 5.32 Å². The molecule has 0 bridgehead atoms. The molecule has 0 amide bonds. The molecular formula is C7H18N2O2. The largest absolute Gasteiger partial charge is 0.395 e. The molecule has 1 aliphatic rings. The maximum Gasteiger partial charge on any atom is 0.0743 e. The van der Waals surface area contributed by atoms with Crippen molar-refractivity contribution in [3.8, 4) is 0 Å². The van der Waals surface area contributed by atoms with Crippen LogP contribution in [-0.2, 0) is 0 Å². The van der Waals surface area contributed by atoms with Gasteiger partial charge in [0.05, 0.1) is 24.9 Å². The predicted molar refractivity (Wildman–Crippen MR) is 44.0 cm³/mol. The minimum absolute atomic E-state index is 0.0468. The van der Waals surface area contributed by atoms with Gasteiger partial charge in [0.15, 0.2) is 0 Å². The Hall–Kier alpha value is -0.160. The molecule has 0 aromatic carbocycles. The van der Waals surface area contributed by atoms with Crippen LogP contribution in [-0.4, -0.2) is 35.1 Å². The summed E-state index contributed by atoms with van der Waals surface area (Å²) in [6.07, 6.45) is -0.104. The molecular weight excluding hydrogens is 144 g/mol. The second kappa shape index (κ2) is 5.49. The molecule has 0 radical (unpaired) electrons. The molecule has 0 aromatic rings. The molecule has 5 N–H and O–H groups in total. The van der Waals surface area contributed by atoms with E-state index in [0.29, 0.717) is 6.42 Å². The zero-order valence-electron chi connectivity index (χ0n) is 7.12. The first-order valence-corrected chi connectivity index (χ1v) is 4.04. The second-order valence-corrected chi connectivity index (χ2v) is 2.37. The van der Waals surface area contributed by atoms with E-state index in [1.807, 2.05) is 13.8 Å². The van der Waals surface area contributed by atoms with E-state index in [4.69, 9.17) is 15.9 Å². The molecule has 0 aliphatic carbocycles. The van der Waals surface area contributed by atoms with Crippen molar-refractivity contribution >= 4 is 0 Å². The Balaban J connectivity index is 0.000000461. The standard InChI is InChI=1S/C5H12N2O2.C2H6/c6-5-1-4(9)3(2-8)7-5;1-2/h3-5,7-9H,1-2,6H2;1-2H3. The first-order chi connectivity index (χ1) is 5.24. The highest BCUT2D eigenvalue weighted by atomic mass is 16.3. The van der Waals surface area contributed by atoms with E-state index in [-0.39, 0.29) is 18.8 Å².